The van der Waals surface area contributed by atoms with Crippen molar-refractivity contribution in [3.05, 3.63) is 84.8 Å². The highest BCUT2D eigenvalue weighted by Gasteiger charge is 2.32. The molecule has 0 bridgehead atoms. The van der Waals surface area contributed by atoms with E-state index in [0.717, 1.165) is 5.56 Å². The minimum absolute atomic E-state index is 0.0286. The molecule has 4 rings (SSSR count). The van der Waals surface area contributed by atoms with E-state index in [-0.39, 0.29) is 22.5 Å². The molecule has 2 N–H and O–H groups in total. The van der Waals surface area contributed by atoms with Gasteiger partial charge in [-0.3, -0.25) is 9.36 Å². The molecule has 1 aromatic heterocycles. The van der Waals surface area contributed by atoms with Gasteiger partial charge in [0, 0.05) is 0 Å². The topological polar surface area (TPSA) is 114 Å². The third kappa shape index (κ3) is 3.43. The van der Waals surface area contributed by atoms with Gasteiger partial charge in [-0.25, -0.2) is 0 Å². The number of nitriles is 2. The zero-order chi connectivity index (χ0) is 22.8. The van der Waals surface area contributed by atoms with Gasteiger partial charge in [0.15, 0.2) is 0 Å². The van der Waals surface area contributed by atoms with Gasteiger partial charge in [-0.2, -0.15) is 10.5 Å². The predicted molar refractivity (Wildman–Crippen MR) is 122 cm³/mol. The van der Waals surface area contributed by atoms with Crippen molar-refractivity contribution in [2.75, 3.05) is 14.2 Å². The summed E-state index contributed by atoms with van der Waals surface area (Å²) in [7, 11) is 3.11. The summed E-state index contributed by atoms with van der Waals surface area (Å²) in [5, 5.41) is 19.9. The van der Waals surface area contributed by atoms with Gasteiger partial charge >= 0.3 is 0 Å². The highest BCUT2D eigenvalue weighted by atomic mass is 32.1. The summed E-state index contributed by atoms with van der Waals surface area (Å²) in [5.41, 5.74) is 7.82. The molecule has 32 heavy (non-hydrogen) atoms. The average molecular weight is 443 g/mol. The first-order valence-electron chi connectivity index (χ1n) is 9.58. The van der Waals surface area contributed by atoms with Crippen LogP contribution >= 0.6 is 11.3 Å². The van der Waals surface area contributed by atoms with E-state index in [1.54, 1.807) is 50.6 Å². The number of thiazole rings is 1. The lowest BCUT2D eigenvalue weighted by atomic mass is 9.84. The zero-order valence-corrected chi connectivity index (χ0v) is 18.1. The summed E-state index contributed by atoms with van der Waals surface area (Å²) >= 11 is 1.17. The molecule has 3 aromatic rings. The molecule has 7 nitrogen and oxygen atoms in total. The van der Waals surface area contributed by atoms with Crippen molar-refractivity contribution in [1.29, 1.82) is 10.5 Å². The van der Waals surface area contributed by atoms with E-state index < -0.39 is 5.92 Å². The second-order valence-corrected chi connectivity index (χ2v) is 8.01. The Kier molecular flexibility index (Phi) is 5.55. The number of benzene rings is 2. The van der Waals surface area contributed by atoms with Crippen LogP contribution in [0.3, 0.4) is 0 Å². The van der Waals surface area contributed by atoms with Crippen LogP contribution in [-0.4, -0.2) is 18.8 Å². The highest BCUT2D eigenvalue weighted by molar-refractivity contribution is 7.07. The van der Waals surface area contributed by atoms with E-state index in [9.17, 15) is 15.3 Å². The van der Waals surface area contributed by atoms with E-state index in [1.807, 2.05) is 18.2 Å². The number of rotatable bonds is 4. The first kappa shape index (κ1) is 21.0. The number of hydrogen-bond acceptors (Lipinski definition) is 7. The molecule has 1 aliphatic rings. The molecule has 0 amide bonds. The molecule has 0 saturated carbocycles. The lowest BCUT2D eigenvalue weighted by Gasteiger charge is -2.22. The lowest BCUT2D eigenvalue weighted by molar-refractivity contribution is 0.414. The third-order valence-corrected chi connectivity index (χ3v) is 6.32. The van der Waals surface area contributed by atoms with Crippen molar-refractivity contribution >= 4 is 28.8 Å². The molecule has 0 radical (unpaired) electrons. The van der Waals surface area contributed by atoms with Gasteiger partial charge in [-0.1, -0.05) is 24.3 Å². The van der Waals surface area contributed by atoms with Crippen molar-refractivity contribution in [3.63, 3.8) is 0 Å². The van der Waals surface area contributed by atoms with Crippen LogP contribution < -0.4 is 30.0 Å². The number of hydrogen-bond donors (Lipinski definition) is 1. The van der Waals surface area contributed by atoms with Crippen LogP contribution in [0.1, 0.15) is 17.0 Å². The van der Waals surface area contributed by atoms with Crippen molar-refractivity contribution in [2.24, 2.45) is 5.73 Å². The summed E-state index contributed by atoms with van der Waals surface area (Å²) in [4.78, 5) is 13.2. The maximum atomic E-state index is 13.2. The Morgan fingerprint density at radius 2 is 1.69 bits per heavy atom. The highest BCUT2D eigenvalue weighted by Crippen LogP contribution is 2.36. The van der Waals surface area contributed by atoms with Crippen molar-refractivity contribution < 1.29 is 9.47 Å². The van der Waals surface area contributed by atoms with Crippen LogP contribution in [0, 0.1) is 22.7 Å². The molecule has 2 heterocycles. The maximum absolute atomic E-state index is 13.2. The molecule has 2 aromatic carbocycles. The smallest absolute Gasteiger partial charge is 0.274 e. The number of fused-ring (bicyclic) bond motifs is 1. The Labute approximate surface area is 187 Å². The SMILES string of the molecule is COc1cccc(/C=c2/sc3n(c2=O)C(N)=C(C#N)C(c2cccc(OC)c2)C=3C#N)c1. The summed E-state index contributed by atoms with van der Waals surface area (Å²) < 4.78 is 12.6. The Morgan fingerprint density at radius 3 is 2.34 bits per heavy atom. The minimum Gasteiger partial charge on any atom is -0.497 e. The molecular weight excluding hydrogens is 424 g/mol. The monoisotopic (exact) mass is 442 g/mol. The number of nitrogens with zero attached hydrogens (tertiary/aromatic N) is 3. The molecule has 0 spiro atoms. The summed E-state index contributed by atoms with van der Waals surface area (Å²) in [5.74, 6) is 0.592. The van der Waals surface area contributed by atoms with E-state index in [4.69, 9.17) is 15.2 Å². The summed E-state index contributed by atoms with van der Waals surface area (Å²) in [6.07, 6.45) is 1.72. The van der Waals surface area contributed by atoms with Crippen molar-refractivity contribution in [2.45, 2.75) is 5.92 Å². The van der Waals surface area contributed by atoms with Crippen LogP contribution in [0.25, 0.3) is 17.5 Å². The second-order valence-electron chi connectivity index (χ2n) is 6.98. The molecule has 8 heteroatoms. The van der Waals surface area contributed by atoms with Crippen LogP contribution in [0.4, 0.5) is 0 Å². The van der Waals surface area contributed by atoms with Crippen LogP contribution in [0.5, 0.6) is 11.5 Å². The van der Waals surface area contributed by atoms with E-state index in [0.29, 0.717) is 26.3 Å². The van der Waals surface area contributed by atoms with E-state index >= 15 is 0 Å². The number of ether oxygens (including phenoxy) is 2. The van der Waals surface area contributed by atoms with Gasteiger partial charge in [0.05, 0.1) is 48.0 Å². The number of aromatic nitrogens is 1. The predicted octanol–water partition coefficient (Wildman–Crippen LogP) is 1.88. The van der Waals surface area contributed by atoms with Crippen LogP contribution in [0.2, 0.25) is 0 Å². The van der Waals surface area contributed by atoms with Crippen molar-refractivity contribution in [3.8, 4) is 23.6 Å². The van der Waals surface area contributed by atoms with Crippen LogP contribution in [-0.2, 0) is 0 Å². The standard InChI is InChI=1S/C24H18N4O3S/c1-30-16-7-3-5-14(9-16)10-20-23(29)28-22(27)18(12-25)21(19(13-26)24(28)32-20)15-6-4-8-17(11-15)31-2/h3-11,21H,27H2,1-2H3/b20-10+. The normalized spacial score (nSPS) is 15.7. The molecule has 1 unspecified atom stereocenters. The fourth-order valence-electron chi connectivity index (χ4n) is 3.69. The molecule has 1 atom stereocenters. The molecule has 158 valence electrons. The average Bonchev–Trinajstić information content (AvgIpc) is 3.15. The third-order valence-electron chi connectivity index (χ3n) is 5.21. The maximum Gasteiger partial charge on any atom is 0.274 e. The van der Waals surface area contributed by atoms with Gasteiger partial charge in [-0.15, -0.1) is 11.3 Å². The fourth-order valence-corrected chi connectivity index (χ4v) is 4.82. The minimum atomic E-state index is -0.692. The van der Waals surface area contributed by atoms with E-state index in [2.05, 4.69) is 12.1 Å². The Hall–Kier alpha value is -4.27. The Bertz CT molecular complexity index is 1520. The molecule has 0 saturated heterocycles. The fraction of sp³-hybridized carbons (Fsp3) is 0.125. The molecule has 1 aliphatic heterocycles. The second kappa shape index (κ2) is 8.46. The first-order valence-corrected chi connectivity index (χ1v) is 10.4. The largest absolute Gasteiger partial charge is 0.497 e. The molecule has 0 aliphatic carbocycles. The Balaban J connectivity index is 2.02. The van der Waals surface area contributed by atoms with E-state index in [1.165, 1.54) is 15.9 Å². The number of allylic oxidation sites excluding steroid dienone is 1. The first-order chi connectivity index (χ1) is 15.5. The number of nitrogens with two attached hydrogens (primary N) is 1. The van der Waals surface area contributed by atoms with Crippen molar-refractivity contribution in [1.82, 2.24) is 4.57 Å². The van der Waals surface area contributed by atoms with Gasteiger partial charge in [0.2, 0.25) is 0 Å². The lowest BCUT2D eigenvalue weighted by Crippen LogP contribution is -2.38. The van der Waals surface area contributed by atoms with Crippen LogP contribution in [0.15, 0.2) is 58.9 Å². The molecular formula is C24H18N4O3S. The summed E-state index contributed by atoms with van der Waals surface area (Å²) in [6, 6.07) is 18.7. The summed E-state index contributed by atoms with van der Waals surface area (Å²) in [6.45, 7) is 0. The molecule has 0 fully saturated rings. The van der Waals surface area contributed by atoms with Gasteiger partial charge in [0.25, 0.3) is 5.56 Å². The van der Waals surface area contributed by atoms with Gasteiger partial charge < -0.3 is 15.2 Å². The van der Waals surface area contributed by atoms with Gasteiger partial charge in [-0.05, 0) is 41.5 Å². The number of methoxy groups -OCH3 is 2. The zero-order valence-electron chi connectivity index (χ0n) is 17.3. The van der Waals surface area contributed by atoms with Gasteiger partial charge in [0.1, 0.15) is 22.0 Å². The quantitative estimate of drug-likeness (QED) is 0.660. The Morgan fingerprint density at radius 1 is 1.03 bits per heavy atom.